The average Bonchev–Trinajstić information content (AvgIpc) is 3.08. The Morgan fingerprint density at radius 1 is 1.44 bits per heavy atom. The van der Waals surface area contributed by atoms with Crippen molar-refractivity contribution in [2.75, 3.05) is 20.3 Å². The molecule has 2 heterocycles. The second-order valence-corrected chi connectivity index (χ2v) is 5.52. The van der Waals surface area contributed by atoms with E-state index in [1.165, 1.54) is 18.5 Å². The van der Waals surface area contributed by atoms with Crippen LogP contribution in [0, 0.1) is 0 Å². The van der Waals surface area contributed by atoms with Crippen LogP contribution in [-0.4, -0.2) is 25.3 Å². The second-order valence-electron chi connectivity index (χ2n) is 4.66. The lowest BCUT2D eigenvalue weighted by Crippen LogP contribution is -2.35. The molecule has 0 bridgehead atoms. The first-order valence-corrected chi connectivity index (χ1v) is 6.81. The average molecular weight is 239 g/mol. The number of thiazole rings is 1. The van der Waals surface area contributed by atoms with Gasteiger partial charge in [-0.15, -0.1) is 11.3 Å². The Morgan fingerprint density at radius 3 is 2.81 bits per heavy atom. The highest BCUT2D eigenvalue weighted by molar-refractivity contribution is 7.09. The van der Waals surface area contributed by atoms with E-state index in [1.54, 1.807) is 18.4 Å². The molecule has 2 fully saturated rings. The molecular weight excluding hydrogens is 222 g/mol. The summed E-state index contributed by atoms with van der Waals surface area (Å²) in [5.41, 5.74) is 1.11. The molecule has 1 aromatic heterocycles. The normalized spacial score (nSPS) is 24.6. The van der Waals surface area contributed by atoms with Gasteiger partial charge in [0.2, 0.25) is 0 Å². The minimum atomic E-state index is -0.171. The van der Waals surface area contributed by atoms with Gasteiger partial charge in [-0.1, -0.05) is 0 Å². The number of methoxy groups -OCH3 is 1. The molecular formula is C12H17NO2S. The zero-order valence-electron chi connectivity index (χ0n) is 9.57. The van der Waals surface area contributed by atoms with Gasteiger partial charge >= 0.3 is 0 Å². The molecule has 3 nitrogen and oxygen atoms in total. The molecule has 1 saturated heterocycles. The third-order valence-corrected chi connectivity index (χ3v) is 4.64. The van der Waals surface area contributed by atoms with Gasteiger partial charge in [0.1, 0.15) is 10.6 Å². The zero-order valence-corrected chi connectivity index (χ0v) is 10.4. The molecule has 3 rings (SSSR count). The molecule has 0 atom stereocenters. The van der Waals surface area contributed by atoms with Crippen LogP contribution >= 0.6 is 11.3 Å². The van der Waals surface area contributed by atoms with E-state index in [-0.39, 0.29) is 5.60 Å². The van der Waals surface area contributed by atoms with E-state index in [0.717, 1.165) is 37.0 Å². The summed E-state index contributed by atoms with van der Waals surface area (Å²) in [5.74, 6) is 0.735. The third kappa shape index (κ3) is 1.79. The molecule has 2 aliphatic rings. The summed E-state index contributed by atoms with van der Waals surface area (Å²) in [5, 5.41) is 3.36. The van der Waals surface area contributed by atoms with Gasteiger partial charge in [0, 0.05) is 44.5 Å². The first-order chi connectivity index (χ1) is 7.84. The fourth-order valence-corrected chi connectivity index (χ4v) is 3.41. The van der Waals surface area contributed by atoms with Crippen LogP contribution < -0.4 is 0 Å². The molecule has 0 radical (unpaired) electrons. The Bertz CT molecular complexity index is 367. The standard InChI is InChI=1S/C12H17NO2S/c1-14-12(4-6-15-7-5-12)11-13-10(8-16-11)9-2-3-9/h8-9H,2-7H2,1H3. The maximum absolute atomic E-state index is 5.75. The van der Waals surface area contributed by atoms with Gasteiger partial charge in [-0.05, 0) is 12.8 Å². The van der Waals surface area contributed by atoms with Crippen LogP contribution in [0.15, 0.2) is 5.38 Å². The van der Waals surface area contributed by atoms with E-state index in [2.05, 4.69) is 5.38 Å². The smallest absolute Gasteiger partial charge is 0.125 e. The summed E-state index contributed by atoms with van der Waals surface area (Å²) >= 11 is 1.76. The van der Waals surface area contributed by atoms with Crippen molar-refractivity contribution in [3.05, 3.63) is 16.1 Å². The molecule has 0 spiro atoms. The third-order valence-electron chi connectivity index (χ3n) is 3.60. The van der Waals surface area contributed by atoms with E-state index < -0.39 is 0 Å². The Morgan fingerprint density at radius 2 is 2.19 bits per heavy atom. The largest absolute Gasteiger partial charge is 0.381 e. The molecule has 1 saturated carbocycles. The maximum atomic E-state index is 5.75. The van der Waals surface area contributed by atoms with Gasteiger partial charge in [0.05, 0.1) is 5.69 Å². The minimum absolute atomic E-state index is 0.171. The van der Waals surface area contributed by atoms with Crippen LogP contribution in [0.5, 0.6) is 0 Å². The predicted molar refractivity (Wildman–Crippen MR) is 62.8 cm³/mol. The van der Waals surface area contributed by atoms with Crippen LogP contribution in [0.1, 0.15) is 42.3 Å². The van der Waals surface area contributed by atoms with E-state index in [9.17, 15) is 0 Å². The van der Waals surface area contributed by atoms with Crippen LogP contribution in [0.25, 0.3) is 0 Å². The monoisotopic (exact) mass is 239 g/mol. The van der Waals surface area contributed by atoms with Gasteiger partial charge in [0.15, 0.2) is 0 Å². The number of hydrogen-bond acceptors (Lipinski definition) is 4. The predicted octanol–water partition coefficient (Wildman–Crippen LogP) is 2.67. The van der Waals surface area contributed by atoms with Gasteiger partial charge in [-0.2, -0.15) is 0 Å². The molecule has 1 aliphatic carbocycles. The first kappa shape index (κ1) is 10.7. The number of rotatable bonds is 3. The highest BCUT2D eigenvalue weighted by atomic mass is 32.1. The van der Waals surface area contributed by atoms with Gasteiger partial charge in [0.25, 0.3) is 0 Å². The number of ether oxygens (including phenoxy) is 2. The van der Waals surface area contributed by atoms with Crippen molar-refractivity contribution < 1.29 is 9.47 Å². The lowest BCUT2D eigenvalue weighted by molar-refractivity contribution is -0.0948. The summed E-state index contributed by atoms with van der Waals surface area (Å²) < 4.78 is 11.2. The second kappa shape index (κ2) is 4.09. The topological polar surface area (TPSA) is 31.4 Å². The SMILES string of the molecule is COC1(c2nc(C3CC3)cs2)CCOCC1. The maximum Gasteiger partial charge on any atom is 0.125 e. The lowest BCUT2D eigenvalue weighted by Gasteiger charge is -2.33. The summed E-state index contributed by atoms with van der Waals surface area (Å²) in [7, 11) is 1.80. The van der Waals surface area contributed by atoms with Gasteiger partial charge < -0.3 is 9.47 Å². The van der Waals surface area contributed by atoms with Crippen LogP contribution in [-0.2, 0) is 15.1 Å². The van der Waals surface area contributed by atoms with E-state index >= 15 is 0 Å². The molecule has 0 unspecified atom stereocenters. The quantitative estimate of drug-likeness (QED) is 0.812. The number of nitrogens with zero attached hydrogens (tertiary/aromatic N) is 1. The highest BCUT2D eigenvalue weighted by Crippen LogP contribution is 2.43. The Hall–Kier alpha value is -0.450. The van der Waals surface area contributed by atoms with Gasteiger partial charge in [-0.25, -0.2) is 4.98 Å². The molecule has 0 N–H and O–H groups in total. The van der Waals surface area contributed by atoms with E-state index in [0.29, 0.717) is 0 Å². The Balaban J connectivity index is 1.86. The molecule has 0 amide bonds. The lowest BCUT2D eigenvalue weighted by atomic mass is 9.95. The van der Waals surface area contributed by atoms with Crippen molar-refractivity contribution in [2.24, 2.45) is 0 Å². The summed E-state index contributed by atoms with van der Waals surface area (Å²) in [6.07, 6.45) is 4.49. The van der Waals surface area contributed by atoms with Crippen LogP contribution in [0.4, 0.5) is 0 Å². The van der Waals surface area contributed by atoms with Crippen molar-refractivity contribution in [1.82, 2.24) is 4.98 Å². The van der Waals surface area contributed by atoms with Crippen molar-refractivity contribution in [3.8, 4) is 0 Å². The Kier molecular flexibility index (Phi) is 2.73. The molecule has 1 aromatic rings. The summed E-state index contributed by atoms with van der Waals surface area (Å²) in [4.78, 5) is 4.78. The fraction of sp³-hybridized carbons (Fsp3) is 0.750. The van der Waals surface area contributed by atoms with Crippen molar-refractivity contribution in [2.45, 2.75) is 37.2 Å². The van der Waals surface area contributed by atoms with Crippen LogP contribution in [0.3, 0.4) is 0 Å². The minimum Gasteiger partial charge on any atom is -0.381 e. The van der Waals surface area contributed by atoms with Gasteiger partial charge in [-0.3, -0.25) is 0 Å². The molecule has 16 heavy (non-hydrogen) atoms. The van der Waals surface area contributed by atoms with E-state index in [1.807, 2.05) is 0 Å². The Labute approximate surface area is 99.8 Å². The number of aromatic nitrogens is 1. The van der Waals surface area contributed by atoms with Crippen molar-refractivity contribution >= 4 is 11.3 Å². The van der Waals surface area contributed by atoms with Crippen molar-refractivity contribution in [3.63, 3.8) is 0 Å². The summed E-state index contributed by atoms with van der Waals surface area (Å²) in [6.45, 7) is 1.57. The number of hydrogen-bond donors (Lipinski definition) is 0. The highest BCUT2D eigenvalue weighted by Gasteiger charge is 2.38. The molecule has 1 aliphatic heterocycles. The first-order valence-electron chi connectivity index (χ1n) is 5.93. The van der Waals surface area contributed by atoms with E-state index in [4.69, 9.17) is 14.5 Å². The molecule has 88 valence electrons. The van der Waals surface area contributed by atoms with Crippen molar-refractivity contribution in [1.29, 1.82) is 0 Å². The summed E-state index contributed by atoms with van der Waals surface area (Å²) in [6, 6.07) is 0. The molecule has 0 aromatic carbocycles. The zero-order chi connectivity index (χ0) is 11.0. The molecule has 4 heteroatoms. The fourth-order valence-electron chi connectivity index (χ4n) is 2.27. The van der Waals surface area contributed by atoms with Crippen LogP contribution in [0.2, 0.25) is 0 Å².